The first kappa shape index (κ1) is 27.8. The molecule has 0 aromatic heterocycles. The van der Waals surface area contributed by atoms with Crippen molar-refractivity contribution in [2.75, 3.05) is 12.5 Å². The Balaban J connectivity index is 2.21. The summed E-state index contributed by atoms with van der Waals surface area (Å²) in [6.45, 7) is -0.0934. The van der Waals surface area contributed by atoms with Gasteiger partial charge in [-0.1, -0.05) is 0 Å². The summed E-state index contributed by atoms with van der Waals surface area (Å²) >= 11 is 5.82. The Kier molecular flexibility index (Phi) is 8.08. The molecule has 2 heterocycles. The van der Waals surface area contributed by atoms with Crippen LogP contribution < -0.4 is 11.1 Å². The molecular weight excluding hydrogens is 527 g/mol. The number of halogens is 1. The first-order valence-corrected chi connectivity index (χ1v) is 13.3. The van der Waals surface area contributed by atoms with Crippen molar-refractivity contribution in [3.63, 3.8) is 0 Å². The SMILES string of the molecule is C[C@@]1(O)[C@H](O)[C@@](CCl)(COP(=O)(O)OP(=O)(O)OP(=O)(O)O)O[C@H]1N1C=CC(N)NC1=O. The average molecular weight is 548 g/mol. The summed E-state index contributed by atoms with van der Waals surface area (Å²) < 4.78 is 51.2. The van der Waals surface area contributed by atoms with Gasteiger partial charge >= 0.3 is 29.5 Å². The van der Waals surface area contributed by atoms with E-state index in [1.807, 2.05) is 0 Å². The smallest absolute Gasteiger partial charge is 0.387 e. The fourth-order valence-electron chi connectivity index (χ4n) is 2.87. The van der Waals surface area contributed by atoms with E-state index in [1.54, 1.807) is 0 Å². The normalized spacial score (nSPS) is 37.1. The van der Waals surface area contributed by atoms with Gasteiger partial charge in [0.25, 0.3) is 0 Å². The second-order valence-electron chi connectivity index (χ2n) is 6.89. The van der Waals surface area contributed by atoms with Crippen LogP contribution in [0.15, 0.2) is 12.3 Å². The number of ether oxygens (including phenoxy) is 1. The first-order valence-electron chi connectivity index (χ1n) is 8.29. The van der Waals surface area contributed by atoms with Gasteiger partial charge in [0.2, 0.25) is 0 Å². The second-order valence-corrected chi connectivity index (χ2v) is 11.6. The average Bonchev–Trinajstić information content (AvgIpc) is 2.78. The Bertz CT molecular complexity index is 912. The van der Waals surface area contributed by atoms with E-state index in [-0.39, 0.29) is 0 Å². The molecule has 2 aliphatic rings. The highest BCUT2D eigenvalue weighted by Crippen LogP contribution is 2.66. The number of aliphatic hydroxyl groups excluding tert-OH is 1. The summed E-state index contributed by atoms with van der Waals surface area (Å²) in [6.07, 6.45) is -1.92. The molecule has 0 bridgehead atoms. The third kappa shape index (κ3) is 6.36. The van der Waals surface area contributed by atoms with E-state index in [1.165, 1.54) is 6.08 Å². The minimum absolute atomic E-state index is 0.699. The number of hydrogen-bond acceptors (Lipinski definition) is 11. The van der Waals surface area contributed by atoms with Gasteiger partial charge in [0.05, 0.1) is 18.7 Å². The van der Waals surface area contributed by atoms with Gasteiger partial charge in [-0.15, -0.1) is 11.6 Å². The number of aliphatic hydroxyl groups is 2. The summed E-state index contributed by atoms with van der Waals surface area (Å²) in [7, 11) is -17.0. The van der Waals surface area contributed by atoms with Gasteiger partial charge in [0, 0.05) is 6.20 Å². The first-order chi connectivity index (χ1) is 14.3. The van der Waals surface area contributed by atoms with Crippen LogP contribution in [-0.4, -0.2) is 82.9 Å². The van der Waals surface area contributed by atoms with Crippen LogP contribution in [0.2, 0.25) is 0 Å². The maximum absolute atomic E-state index is 12.2. The molecule has 32 heavy (non-hydrogen) atoms. The lowest BCUT2D eigenvalue weighted by molar-refractivity contribution is -0.125. The van der Waals surface area contributed by atoms with E-state index in [9.17, 15) is 38.5 Å². The van der Waals surface area contributed by atoms with E-state index in [2.05, 4.69) is 18.5 Å². The Morgan fingerprint density at radius 3 is 2.34 bits per heavy atom. The molecule has 0 spiro atoms. The molecule has 0 saturated carbocycles. The van der Waals surface area contributed by atoms with Gasteiger partial charge in [-0.3, -0.25) is 9.42 Å². The minimum atomic E-state index is -5.79. The molecule has 0 aromatic rings. The van der Waals surface area contributed by atoms with Crippen molar-refractivity contribution in [3.05, 3.63) is 12.3 Å². The summed E-state index contributed by atoms with van der Waals surface area (Å²) in [5, 5.41) is 23.6. The molecule has 186 valence electrons. The molecule has 17 nitrogen and oxygen atoms in total. The standard InChI is InChI=1S/C11H21ClN3O14P3/c1-10(18)7(16)11(4-12,27-8(10)15-3-2-6(13)14-9(15)17)5-26-31(22,23)29-32(24,25)28-30(19,20)21/h2-3,6-8,16,18H,4-5,13H2,1H3,(H,14,17)(H,22,23)(H,24,25)(H2,19,20,21)/t6?,7-,8+,10+,11+/m0/s1. The molecule has 2 amide bonds. The maximum Gasteiger partial charge on any atom is 0.490 e. The van der Waals surface area contributed by atoms with Crippen molar-refractivity contribution >= 4 is 41.1 Å². The molecular formula is C11H21ClN3O14P3. The van der Waals surface area contributed by atoms with Gasteiger partial charge in [0.1, 0.15) is 17.3 Å². The maximum atomic E-state index is 12.2. The predicted octanol–water partition coefficient (Wildman–Crippen LogP) is -1.40. The highest BCUT2D eigenvalue weighted by atomic mass is 35.5. The number of rotatable bonds is 9. The quantitative estimate of drug-likeness (QED) is 0.122. The molecule has 2 rings (SSSR count). The molecule has 21 heteroatoms. The monoisotopic (exact) mass is 547 g/mol. The number of nitrogens with two attached hydrogens (primary N) is 1. The lowest BCUT2D eigenvalue weighted by atomic mass is 9.88. The zero-order valence-corrected chi connectivity index (χ0v) is 19.4. The van der Waals surface area contributed by atoms with Gasteiger partial charge < -0.3 is 45.6 Å². The number of phosphoric ester groups is 1. The zero-order chi connectivity index (χ0) is 24.8. The number of urea groups is 1. The number of hydrogen-bond donors (Lipinski definition) is 8. The van der Waals surface area contributed by atoms with E-state index in [4.69, 9.17) is 31.9 Å². The third-order valence-corrected chi connectivity index (χ3v) is 8.48. The van der Waals surface area contributed by atoms with E-state index >= 15 is 0 Å². The zero-order valence-electron chi connectivity index (χ0n) is 16.0. The van der Waals surface area contributed by atoms with Crippen molar-refractivity contribution in [2.45, 2.75) is 36.6 Å². The van der Waals surface area contributed by atoms with Crippen LogP contribution in [0.4, 0.5) is 4.79 Å². The molecule has 7 atom stereocenters. The predicted molar refractivity (Wildman–Crippen MR) is 102 cm³/mol. The molecule has 3 unspecified atom stereocenters. The van der Waals surface area contributed by atoms with Crippen LogP contribution in [0.3, 0.4) is 0 Å². The number of alkyl halides is 1. The van der Waals surface area contributed by atoms with Crippen molar-refractivity contribution in [1.82, 2.24) is 10.2 Å². The van der Waals surface area contributed by atoms with Gasteiger partial charge in [0.15, 0.2) is 6.23 Å². The highest BCUT2D eigenvalue weighted by Gasteiger charge is 2.63. The number of carbonyl (C=O) groups excluding carboxylic acids is 1. The molecule has 0 aromatic carbocycles. The van der Waals surface area contributed by atoms with Crippen LogP contribution in [0, 0.1) is 0 Å². The van der Waals surface area contributed by atoms with Crippen molar-refractivity contribution in [2.24, 2.45) is 5.73 Å². The van der Waals surface area contributed by atoms with Crippen LogP contribution in [0.5, 0.6) is 0 Å². The highest BCUT2D eigenvalue weighted by molar-refractivity contribution is 7.66. The van der Waals surface area contributed by atoms with Gasteiger partial charge in [-0.25, -0.2) is 18.5 Å². The molecule has 1 saturated heterocycles. The Labute approximate surface area is 185 Å². The fraction of sp³-hybridized carbons (Fsp3) is 0.727. The molecule has 0 aliphatic carbocycles. The molecule has 1 fully saturated rings. The number of amides is 2. The Morgan fingerprint density at radius 1 is 1.25 bits per heavy atom. The molecule has 2 aliphatic heterocycles. The summed E-state index contributed by atoms with van der Waals surface area (Å²) in [4.78, 5) is 48.9. The van der Waals surface area contributed by atoms with Gasteiger partial charge in [-0.2, -0.15) is 8.62 Å². The Hall–Kier alpha value is -0.450. The second kappa shape index (κ2) is 9.30. The Morgan fingerprint density at radius 2 is 1.84 bits per heavy atom. The molecule has 9 N–H and O–H groups in total. The van der Waals surface area contributed by atoms with Crippen LogP contribution in [-0.2, 0) is 31.6 Å². The lowest BCUT2D eigenvalue weighted by Gasteiger charge is -2.35. The number of phosphoric acid groups is 3. The van der Waals surface area contributed by atoms with Crippen molar-refractivity contribution in [1.29, 1.82) is 0 Å². The van der Waals surface area contributed by atoms with Crippen LogP contribution in [0.1, 0.15) is 6.92 Å². The summed E-state index contributed by atoms with van der Waals surface area (Å²) in [5.74, 6) is -0.699. The van der Waals surface area contributed by atoms with Crippen LogP contribution >= 0.6 is 35.1 Å². The van der Waals surface area contributed by atoms with E-state index in [0.717, 1.165) is 18.0 Å². The van der Waals surface area contributed by atoms with E-state index in [0.29, 0.717) is 0 Å². The van der Waals surface area contributed by atoms with Gasteiger partial charge in [-0.05, 0) is 13.0 Å². The largest absolute Gasteiger partial charge is 0.490 e. The number of nitrogens with one attached hydrogen (secondary N) is 1. The third-order valence-electron chi connectivity index (χ3n) is 4.24. The van der Waals surface area contributed by atoms with Crippen molar-refractivity contribution < 1.29 is 66.2 Å². The minimum Gasteiger partial charge on any atom is -0.387 e. The lowest BCUT2D eigenvalue weighted by Crippen LogP contribution is -2.59. The fourth-order valence-corrected chi connectivity index (χ4v) is 6.23. The topological polar surface area (TPSA) is 268 Å². The molecule has 0 radical (unpaired) electrons. The number of nitrogens with zero attached hydrogens (tertiary/aromatic N) is 1. The summed E-state index contributed by atoms with van der Waals surface area (Å²) in [5.41, 5.74) is 1.13. The number of carbonyl (C=O) groups is 1. The van der Waals surface area contributed by atoms with E-state index < -0.39 is 71.7 Å². The van der Waals surface area contributed by atoms with Crippen molar-refractivity contribution in [3.8, 4) is 0 Å². The summed E-state index contributed by atoms with van der Waals surface area (Å²) in [6, 6.07) is -0.823. The van der Waals surface area contributed by atoms with Crippen LogP contribution in [0.25, 0.3) is 0 Å².